The molecule has 3 aromatic rings. The average Bonchev–Trinajstić information content (AvgIpc) is 3.11. The number of hydrogen-bond acceptors (Lipinski definition) is 5. The van der Waals surface area contributed by atoms with Crippen LogP contribution in [0.5, 0.6) is 0 Å². The van der Waals surface area contributed by atoms with Crippen molar-refractivity contribution >= 4 is 28.6 Å². The van der Waals surface area contributed by atoms with Gasteiger partial charge in [0.05, 0.1) is 23.2 Å². The summed E-state index contributed by atoms with van der Waals surface area (Å²) in [5.41, 5.74) is 3.78. The van der Waals surface area contributed by atoms with E-state index in [9.17, 15) is 4.79 Å². The Hall–Kier alpha value is -3.02. The lowest BCUT2D eigenvalue weighted by molar-refractivity contribution is 0.0526. The Morgan fingerprint density at radius 2 is 1.93 bits per heavy atom. The molecular formula is C21H24N4O2. The maximum Gasteiger partial charge on any atom is 0.338 e. The third-order valence-electron chi connectivity index (χ3n) is 4.97. The number of imidazole rings is 1. The Balaban J connectivity index is 1.33. The minimum atomic E-state index is -0.266. The van der Waals surface area contributed by atoms with E-state index in [4.69, 9.17) is 4.74 Å². The Labute approximate surface area is 158 Å². The number of nitrogens with zero attached hydrogens (tertiary/aromatic N) is 2. The van der Waals surface area contributed by atoms with Crippen molar-refractivity contribution in [1.29, 1.82) is 0 Å². The molecule has 2 aromatic carbocycles. The van der Waals surface area contributed by atoms with Crippen LogP contribution in [0.1, 0.15) is 30.1 Å². The summed E-state index contributed by atoms with van der Waals surface area (Å²) in [5.74, 6) is 0.575. The number of nitrogens with one attached hydrogen (secondary N) is 2. The molecule has 0 unspecified atom stereocenters. The zero-order valence-corrected chi connectivity index (χ0v) is 15.4. The van der Waals surface area contributed by atoms with E-state index in [0.717, 1.165) is 48.6 Å². The molecule has 0 amide bonds. The fourth-order valence-electron chi connectivity index (χ4n) is 3.52. The third kappa shape index (κ3) is 3.89. The lowest BCUT2D eigenvalue weighted by Crippen LogP contribution is -2.39. The molecule has 1 aliphatic heterocycles. The fourth-order valence-corrected chi connectivity index (χ4v) is 3.52. The predicted octanol–water partition coefficient (Wildman–Crippen LogP) is 3.82. The van der Waals surface area contributed by atoms with E-state index in [1.165, 1.54) is 0 Å². The highest BCUT2D eigenvalue weighted by Crippen LogP contribution is 2.23. The summed E-state index contributed by atoms with van der Waals surface area (Å²) in [7, 11) is 0. The van der Waals surface area contributed by atoms with E-state index >= 15 is 0 Å². The maximum atomic E-state index is 11.8. The molecule has 140 valence electrons. The first-order chi connectivity index (χ1) is 13.2. The highest BCUT2D eigenvalue weighted by Gasteiger charge is 2.20. The van der Waals surface area contributed by atoms with Gasteiger partial charge < -0.3 is 19.9 Å². The molecule has 2 heterocycles. The number of anilines is 2. The minimum Gasteiger partial charge on any atom is -0.462 e. The highest BCUT2D eigenvalue weighted by molar-refractivity contribution is 5.89. The van der Waals surface area contributed by atoms with Gasteiger partial charge in [-0.25, -0.2) is 9.78 Å². The molecule has 0 aliphatic carbocycles. The number of piperidine rings is 1. The number of para-hydroxylation sites is 2. The highest BCUT2D eigenvalue weighted by atomic mass is 16.5. The number of carbonyl (C=O) groups excluding carboxylic acids is 1. The van der Waals surface area contributed by atoms with Crippen LogP contribution in [0, 0.1) is 0 Å². The van der Waals surface area contributed by atoms with Crippen molar-refractivity contribution < 1.29 is 9.53 Å². The second kappa shape index (κ2) is 7.70. The first-order valence-electron chi connectivity index (χ1n) is 9.46. The number of carbonyl (C=O) groups is 1. The number of ether oxygens (including phenoxy) is 1. The third-order valence-corrected chi connectivity index (χ3v) is 4.97. The van der Waals surface area contributed by atoms with Crippen LogP contribution >= 0.6 is 0 Å². The molecule has 1 fully saturated rings. The van der Waals surface area contributed by atoms with Gasteiger partial charge in [0.25, 0.3) is 0 Å². The molecule has 1 aromatic heterocycles. The van der Waals surface area contributed by atoms with Gasteiger partial charge in [-0.2, -0.15) is 0 Å². The quantitative estimate of drug-likeness (QED) is 0.674. The molecule has 0 saturated carbocycles. The van der Waals surface area contributed by atoms with Crippen LogP contribution in [0.25, 0.3) is 11.0 Å². The maximum absolute atomic E-state index is 11.8. The second-order valence-electron chi connectivity index (χ2n) is 6.78. The van der Waals surface area contributed by atoms with Gasteiger partial charge in [0.1, 0.15) is 0 Å². The van der Waals surface area contributed by atoms with Gasteiger partial charge in [-0.05, 0) is 56.2 Å². The van der Waals surface area contributed by atoms with E-state index in [0.29, 0.717) is 18.2 Å². The van der Waals surface area contributed by atoms with Gasteiger partial charge in [0.15, 0.2) is 0 Å². The van der Waals surface area contributed by atoms with Crippen molar-refractivity contribution in [3.8, 4) is 0 Å². The normalized spacial score (nSPS) is 15.1. The van der Waals surface area contributed by atoms with Crippen LogP contribution in [-0.4, -0.2) is 41.7 Å². The number of aromatic amines is 1. The number of esters is 1. The van der Waals surface area contributed by atoms with E-state index in [1.807, 2.05) is 55.5 Å². The Kier molecular flexibility index (Phi) is 4.96. The van der Waals surface area contributed by atoms with Gasteiger partial charge in [-0.3, -0.25) is 0 Å². The Morgan fingerprint density at radius 1 is 1.19 bits per heavy atom. The molecule has 1 aliphatic rings. The van der Waals surface area contributed by atoms with Crippen molar-refractivity contribution in [2.75, 3.05) is 29.9 Å². The molecule has 6 nitrogen and oxygen atoms in total. The van der Waals surface area contributed by atoms with Crippen molar-refractivity contribution in [2.24, 2.45) is 0 Å². The van der Waals surface area contributed by atoms with Gasteiger partial charge >= 0.3 is 5.97 Å². The minimum absolute atomic E-state index is 0.266. The molecule has 4 rings (SSSR count). The number of benzene rings is 2. The van der Waals surface area contributed by atoms with Crippen LogP contribution in [-0.2, 0) is 4.74 Å². The summed E-state index contributed by atoms with van der Waals surface area (Å²) >= 11 is 0. The number of rotatable bonds is 5. The summed E-state index contributed by atoms with van der Waals surface area (Å²) in [6, 6.07) is 16.1. The monoisotopic (exact) mass is 364 g/mol. The van der Waals surface area contributed by atoms with Crippen LogP contribution in [0.4, 0.5) is 11.6 Å². The molecular weight excluding hydrogens is 340 g/mol. The zero-order valence-electron chi connectivity index (χ0n) is 15.4. The molecule has 6 heteroatoms. The molecule has 2 N–H and O–H groups in total. The Morgan fingerprint density at radius 3 is 2.63 bits per heavy atom. The van der Waals surface area contributed by atoms with Crippen LogP contribution < -0.4 is 10.2 Å². The smallest absolute Gasteiger partial charge is 0.338 e. The van der Waals surface area contributed by atoms with E-state index in [-0.39, 0.29) is 5.97 Å². The predicted molar refractivity (Wildman–Crippen MR) is 107 cm³/mol. The summed E-state index contributed by atoms with van der Waals surface area (Å²) in [6.07, 6.45) is 2.08. The Bertz CT molecular complexity index is 878. The summed E-state index contributed by atoms with van der Waals surface area (Å²) < 4.78 is 5.04. The number of aromatic nitrogens is 2. The zero-order chi connectivity index (χ0) is 18.6. The fraction of sp³-hybridized carbons (Fsp3) is 0.333. The van der Waals surface area contributed by atoms with Crippen molar-refractivity contribution in [2.45, 2.75) is 25.8 Å². The van der Waals surface area contributed by atoms with Gasteiger partial charge in [-0.1, -0.05) is 12.1 Å². The molecule has 1 saturated heterocycles. The molecule has 0 spiro atoms. The average molecular weight is 364 g/mol. The van der Waals surface area contributed by atoms with Gasteiger partial charge in [-0.15, -0.1) is 0 Å². The standard InChI is InChI=1S/C21H24N4O2/c1-2-27-20(26)15-7-9-17(10-8-15)25-13-11-16(12-14-25)22-21-23-18-5-3-4-6-19(18)24-21/h3-10,16H,2,11-14H2,1H3,(H2,22,23,24). The van der Waals surface area contributed by atoms with E-state index in [1.54, 1.807) is 0 Å². The van der Waals surface area contributed by atoms with Gasteiger partial charge in [0.2, 0.25) is 5.95 Å². The first-order valence-corrected chi connectivity index (χ1v) is 9.46. The van der Waals surface area contributed by atoms with Crippen LogP contribution in [0.2, 0.25) is 0 Å². The molecule has 0 atom stereocenters. The van der Waals surface area contributed by atoms with Crippen molar-refractivity contribution in [3.63, 3.8) is 0 Å². The first kappa shape index (κ1) is 17.4. The number of fused-ring (bicyclic) bond motifs is 1. The topological polar surface area (TPSA) is 70.2 Å². The van der Waals surface area contributed by atoms with Gasteiger partial charge in [0, 0.05) is 24.8 Å². The van der Waals surface area contributed by atoms with Crippen LogP contribution in [0.15, 0.2) is 48.5 Å². The summed E-state index contributed by atoms with van der Waals surface area (Å²) in [5, 5.41) is 3.53. The SMILES string of the molecule is CCOC(=O)c1ccc(N2CCC(Nc3nc4ccccc4[nH]3)CC2)cc1. The second-order valence-corrected chi connectivity index (χ2v) is 6.78. The lowest BCUT2D eigenvalue weighted by atomic mass is 10.0. The summed E-state index contributed by atoms with van der Waals surface area (Å²) in [4.78, 5) is 22.0. The molecule has 0 bridgehead atoms. The number of hydrogen-bond donors (Lipinski definition) is 2. The molecule has 27 heavy (non-hydrogen) atoms. The largest absolute Gasteiger partial charge is 0.462 e. The van der Waals surface area contributed by atoms with Crippen molar-refractivity contribution in [3.05, 3.63) is 54.1 Å². The van der Waals surface area contributed by atoms with Crippen molar-refractivity contribution in [1.82, 2.24) is 9.97 Å². The van der Waals surface area contributed by atoms with E-state index in [2.05, 4.69) is 20.2 Å². The van der Waals surface area contributed by atoms with Crippen LogP contribution in [0.3, 0.4) is 0 Å². The lowest BCUT2D eigenvalue weighted by Gasteiger charge is -2.34. The molecule has 0 radical (unpaired) electrons. The number of H-pyrrole nitrogens is 1. The summed E-state index contributed by atoms with van der Waals surface area (Å²) in [6.45, 7) is 4.15. The van der Waals surface area contributed by atoms with E-state index < -0.39 is 0 Å².